The molecule has 0 unspecified atom stereocenters. The average molecular weight is 233 g/mol. The van der Waals surface area contributed by atoms with Crippen molar-refractivity contribution in [1.29, 1.82) is 0 Å². The van der Waals surface area contributed by atoms with E-state index in [1.165, 1.54) is 12.8 Å². The molecule has 0 saturated carbocycles. The Bertz CT molecular complexity index is 411. The highest BCUT2D eigenvalue weighted by molar-refractivity contribution is 5.93. The van der Waals surface area contributed by atoms with Gasteiger partial charge in [-0.3, -0.25) is 4.79 Å². The van der Waals surface area contributed by atoms with Crippen LogP contribution in [0.5, 0.6) is 0 Å². The zero-order valence-electron chi connectivity index (χ0n) is 9.91. The molecule has 0 radical (unpaired) electrons. The van der Waals surface area contributed by atoms with E-state index < -0.39 is 5.91 Å². The first-order valence-corrected chi connectivity index (χ1v) is 6.05. The summed E-state index contributed by atoms with van der Waals surface area (Å²) in [5.74, 6) is 0.262. The Hall–Kier alpha value is -1.55. The number of rotatable bonds is 3. The Labute approximate surface area is 101 Å². The molecule has 0 bridgehead atoms. The Morgan fingerprint density at radius 1 is 1.35 bits per heavy atom. The van der Waals surface area contributed by atoms with Crippen LogP contribution in [-0.4, -0.2) is 19.0 Å². The molecule has 5 N–H and O–H groups in total. The van der Waals surface area contributed by atoms with Gasteiger partial charge in [0.15, 0.2) is 0 Å². The van der Waals surface area contributed by atoms with Crippen molar-refractivity contribution >= 4 is 11.6 Å². The fourth-order valence-electron chi connectivity index (χ4n) is 2.33. The van der Waals surface area contributed by atoms with Gasteiger partial charge >= 0.3 is 0 Å². The average Bonchev–Trinajstić information content (AvgIpc) is 2.33. The summed E-state index contributed by atoms with van der Waals surface area (Å²) in [4.78, 5) is 11.1. The summed E-state index contributed by atoms with van der Waals surface area (Å²) < 4.78 is 0. The highest BCUT2D eigenvalue weighted by Gasteiger charge is 2.15. The Kier molecular flexibility index (Phi) is 3.64. The molecule has 0 atom stereocenters. The number of piperidine rings is 1. The molecule has 17 heavy (non-hydrogen) atoms. The van der Waals surface area contributed by atoms with Gasteiger partial charge in [-0.2, -0.15) is 0 Å². The van der Waals surface area contributed by atoms with E-state index in [1.807, 2.05) is 6.07 Å². The zero-order chi connectivity index (χ0) is 12.3. The summed E-state index contributed by atoms with van der Waals surface area (Å²) in [6.45, 7) is 2.14. The fraction of sp³-hybridized carbons (Fsp3) is 0.462. The Morgan fingerprint density at radius 2 is 2.06 bits per heavy atom. The summed E-state index contributed by atoms with van der Waals surface area (Å²) in [5.41, 5.74) is 13.6. The molecular formula is C13H19N3O. The number of carbonyl (C=O) groups excluding carboxylic acids is 1. The van der Waals surface area contributed by atoms with Crippen LogP contribution in [0.15, 0.2) is 18.2 Å². The highest BCUT2D eigenvalue weighted by Crippen LogP contribution is 2.22. The number of amides is 1. The fourth-order valence-corrected chi connectivity index (χ4v) is 2.33. The van der Waals surface area contributed by atoms with E-state index in [0.717, 1.165) is 30.8 Å². The molecule has 0 spiro atoms. The molecule has 0 aliphatic carbocycles. The third kappa shape index (κ3) is 2.97. The van der Waals surface area contributed by atoms with Crippen LogP contribution in [0.2, 0.25) is 0 Å². The third-order valence-corrected chi connectivity index (χ3v) is 3.39. The second-order valence-electron chi connectivity index (χ2n) is 4.68. The van der Waals surface area contributed by atoms with E-state index in [2.05, 4.69) is 5.32 Å². The second-order valence-corrected chi connectivity index (χ2v) is 4.68. The molecule has 1 aromatic rings. The number of carbonyl (C=O) groups is 1. The van der Waals surface area contributed by atoms with Gasteiger partial charge in [0.1, 0.15) is 0 Å². The van der Waals surface area contributed by atoms with Crippen LogP contribution >= 0.6 is 0 Å². The largest absolute Gasteiger partial charge is 0.399 e. The summed E-state index contributed by atoms with van der Waals surface area (Å²) in [6, 6.07) is 5.29. The van der Waals surface area contributed by atoms with E-state index in [1.54, 1.807) is 12.1 Å². The standard InChI is InChI=1S/C13H19N3O/c14-12-2-1-10(13(15)17)8-11(12)7-9-3-5-16-6-4-9/h1-2,8-9,16H,3-7,14H2,(H2,15,17). The molecule has 4 heteroatoms. The van der Waals surface area contributed by atoms with E-state index in [-0.39, 0.29) is 0 Å². The van der Waals surface area contributed by atoms with Gasteiger partial charge in [-0.15, -0.1) is 0 Å². The van der Waals surface area contributed by atoms with Crippen LogP contribution in [0.1, 0.15) is 28.8 Å². The van der Waals surface area contributed by atoms with Gasteiger partial charge in [0, 0.05) is 11.3 Å². The molecule has 1 aliphatic heterocycles. The molecule has 92 valence electrons. The first-order chi connectivity index (χ1) is 8.16. The minimum atomic E-state index is -0.392. The molecular weight excluding hydrogens is 214 g/mol. The number of primary amides is 1. The first-order valence-electron chi connectivity index (χ1n) is 6.05. The third-order valence-electron chi connectivity index (χ3n) is 3.39. The van der Waals surface area contributed by atoms with Crippen molar-refractivity contribution in [3.63, 3.8) is 0 Å². The van der Waals surface area contributed by atoms with Crippen LogP contribution in [0.4, 0.5) is 5.69 Å². The van der Waals surface area contributed by atoms with Gasteiger partial charge in [0.25, 0.3) is 0 Å². The summed E-state index contributed by atoms with van der Waals surface area (Å²) in [7, 11) is 0. The van der Waals surface area contributed by atoms with Crippen LogP contribution in [-0.2, 0) is 6.42 Å². The lowest BCUT2D eigenvalue weighted by molar-refractivity contribution is 0.1000. The highest BCUT2D eigenvalue weighted by atomic mass is 16.1. The van der Waals surface area contributed by atoms with Gasteiger partial charge in [-0.1, -0.05) is 0 Å². The lowest BCUT2D eigenvalue weighted by atomic mass is 9.90. The predicted octanol–water partition coefficient (Wildman–Crippen LogP) is 0.910. The lowest BCUT2D eigenvalue weighted by Gasteiger charge is -2.23. The van der Waals surface area contributed by atoms with Gasteiger partial charge < -0.3 is 16.8 Å². The molecule has 4 nitrogen and oxygen atoms in total. The molecule has 1 fully saturated rings. The maximum Gasteiger partial charge on any atom is 0.248 e. The first kappa shape index (κ1) is 11.9. The maximum atomic E-state index is 11.1. The summed E-state index contributed by atoms with van der Waals surface area (Å²) >= 11 is 0. The van der Waals surface area contributed by atoms with Crippen LogP contribution < -0.4 is 16.8 Å². The van der Waals surface area contributed by atoms with Gasteiger partial charge in [0.05, 0.1) is 0 Å². The van der Waals surface area contributed by atoms with Crippen molar-refractivity contribution in [1.82, 2.24) is 5.32 Å². The summed E-state index contributed by atoms with van der Waals surface area (Å²) in [5, 5.41) is 3.34. The van der Waals surface area contributed by atoms with E-state index >= 15 is 0 Å². The van der Waals surface area contributed by atoms with Gasteiger partial charge in [-0.05, 0) is 62.0 Å². The number of hydrogen-bond acceptors (Lipinski definition) is 3. The SMILES string of the molecule is NC(=O)c1ccc(N)c(CC2CCNCC2)c1. The number of nitrogen functional groups attached to an aromatic ring is 1. The van der Waals surface area contributed by atoms with Crippen LogP contribution in [0.3, 0.4) is 0 Å². The van der Waals surface area contributed by atoms with Crippen molar-refractivity contribution in [2.24, 2.45) is 11.7 Å². The van der Waals surface area contributed by atoms with Crippen molar-refractivity contribution in [2.45, 2.75) is 19.3 Å². The molecule has 1 amide bonds. The van der Waals surface area contributed by atoms with Gasteiger partial charge in [0.2, 0.25) is 5.91 Å². The lowest BCUT2D eigenvalue weighted by Crippen LogP contribution is -2.28. The predicted molar refractivity (Wildman–Crippen MR) is 68.7 cm³/mol. The number of anilines is 1. The van der Waals surface area contributed by atoms with E-state index in [4.69, 9.17) is 11.5 Å². The smallest absolute Gasteiger partial charge is 0.248 e. The van der Waals surface area contributed by atoms with E-state index in [0.29, 0.717) is 11.5 Å². The zero-order valence-corrected chi connectivity index (χ0v) is 9.91. The molecule has 2 rings (SSSR count). The van der Waals surface area contributed by atoms with Gasteiger partial charge in [-0.25, -0.2) is 0 Å². The number of benzene rings is 1. The topological polar surface area (TPSA) is 81.1 Å². The van der Waals surface area contributed by atoms with E-state index in [9.17, 15) is 4.79 Å². The minimum absolute atomic E-state index is 0.392. The number of nitrogens with two attached hydrogens (primary N) is 2. The molecule has 1 aromatic carbocycles. The Morgan fingerprint density at radius 3 is 2.71 bits per heavy atom. The molecule has 1 heterocycles. The monoisotopic (exact) mass is 233 g/mol. The minimum Gasteiger partial charge on any atom is -0.399 e. The Balaban J connectivity index is 2.13. The van der Waals surface area contributed by atoms with Crippen LogP contribution in [0.25, 0.3) is 0 Å². The van der Waals surface area contributed by atoms with Crippen molar-refractivity contribution in [3.8, 4) is 0 Å². The number of nitrogens with one attached hydrogen (secondary N) is 1. The number of hydrogen-bond donors (Lipinski definition) is 3. The quantitative estimate of drug-likeness (QED) is 0.679. The normalized spacial score (nSPS) is 16.9. The summed E-state index contributed by atoms with van der Waals surface area (Å²) in [6.07, 6.45) is 3.27. The molecule has 1 saturated heterocycles. The maximum absolute atomic E-state index is 11.1. The molecule has 1 aliphatic rings. The molecule has 0 aromatic heterocycles. The second kappa shape index (κ2) is 5.19. The van der Waals surface area contributed by atoms with Crippen molar-refractivity contribution in [2.75, 3.05) is 18.8 Å². The van der Waals surface area contributed by atoms with Crippen molar-refractivity contribution in [3.05, 3.63) is 29.3 Å². The van der Waals surface area contributed by atoms with Crippen molar-refractivity contribution < 1.29 is 4.79 Å². The van der Waals surface area contributed by atoms with Crippen LogP contribution in [0, 0.1) is 5.92 Å².